The van der Waals surface area contributed by atoms with Crippen molar-refractivity contribution in [3.8, 4) is 5.88 Å². The maximum absolute atomic E-state index is 13.9. The number of ether oxygens (including phenoxy) is 3. The zero-order valence-electron chi connectivity index (χ0n) is 28.2. The Morgan fingerprint density at radius 3 is 2.63 bits per heavy atom. The molecule has 270 valence electrons. The topological polar surface area (TPSA) is 219 Å². The van der Waals surface area contributed by atoms with Gasteiger partial charge in [0.1, 0.15) is 24.4 Å². The lowest BCUT2D eigenvalue weighted by Gasteiger charge is -2.27. The summed E-state index contributed by atoms with van der Waals surface area (Å²) >= 11 is 0.957. The van der Waals surface area contributed by atoms with Crippen LogP contribution in [0.25, 0.3) is 11.2 Å². The molecule has 2 aromatic heterocycles. The Kier molecular flexibility index (Phi) is 13.2. The molecule has 5 unspecified atom stereocenters. The first kappa shape index (κ1) is 38.6. The van der Waals surface area contributed by atoms with Crippen molar-refractivity contribution in [1.29, 1.82) is 0 Å². The average molecular weight is 725 g/mol. The van der Waals surface area contributed by atoms with E-state index in [-0.39, 0.29) is 66.0 Å². The highest BCUT2D eigenvalue weighted by atomic mass is 32.2. The molecule has 0 radical (unpaired) electrons. The number of fused-ring (bicyclic) bond motifs is 1. The van der Waals surface area contributed by atoms with Gasteiger partial charge in [0.2, 0.25) is 11.8 Å². The van der Waals surface area contributed by atoms with Crippen LogP contribution in [0.3, 0.4) is 0 Å². The summed E-state index contributed by atoms with van der Waals surface area (Å²) in [4.78, 5) is 37.2. The van der Waals surface area contributed by atoms with E-state index < -0.39 is 43.8 Å². The van der Waals surface area contributed by atoms with Gasteiger partial charge in [0, 0.05) is 18.7 Å². The van der Waals surface area contributed by atoms with Crippen molar-refractivity contribution in [3.63, 3.8) is 0 Å². The lowest BCUT2D eigenvalue weighted by molar-refractivity contribution is -0.147. The molecular formula is C31H45N6O10PS. The molecule has 1 fully saturated rings. The quantitative estimate of drug-likeness (QED) is 0.0839. The molecule has 5 atom stereocenters. The third-order valence-electron chi connectivity index (χ3n) is 7.60. The van der Waals surface area contributed by atoms with E-state index >= 15 is 0 Å². The second-order valence-electron chi connectivity index (χ2n) is 12.2. The van der Waals surface area contributed by atoms with E-state index in [1.54, 1.807) is 20.8 Å². The number of nitrogens with zero attached hydrogens (tertiary/aromatic N) is 4. The number of carbonyl (C=O) groups excluding carboxylic acids is 2. The van der Waals surface area contributed by atoms with Crippen LogP contribution in [0, 0.1) is 5.41 Å². The highest BCUT2D eigenvalue weighted by Gasteiger charge is 2.54. The first-order valence-electron chi connectivity index (χ1n) is 15.9. The molecular weight excluding hydrogens is 679 g/mol. The predicted octanol–water partition coefficient (Wildman–Crippen LogP) is 3.38. The van der Waals surface area contributed by atoms with Gasteiger partial charge in [-0.1, -0.05) is 49.0 Å². The van der Waals surface area contributed by atoms with Gasteiger partial charge in [0.25, 0.3) is 0 Å². The highest BCUT2D eigenvalue weighted by molar-refractivity contribution is 8.13. The summed E-state index contributed by atoms with van der Waals surface area (Å²) in [7, 11) is -4.07. The van der Waals surface area contributed by atoms with Crippen molar-refractivity contribution >= 4 is 47.7 Å². The Labute approximate surface area is 289 Å². The van der Waals surface area contributed by atoms with Gasteiger partial charge in [-0.15, -0.1) is 0 Å². The Hall–Kier alpha value is -3.15. The maximum Gasteiger partial charge on any atom is 0.405 e. The van der Waals surface area contributed by atoms with E-state index in [9.17, 15) is 24.4 Å². The number of aliphatic hydroxyl groups excluding tert-OH is 1. The van der Waals surface area contributed by atoms with Crippen LogP contribution in [0.2, 0.25) is 0 Å². The molecule has 1 saturated heterocycles. The Bertz CT molecular complexity index is 1620. The molecule has 3 aromatic rings. The number of benzene rings is 1. The predicted molar refractivity (Wildman–Crippen MR) is 181 cm³/mol. The number of thioether (sulfide) groups is 1. The van der Waals surface area contributed by atoms with Crippen molar-refractivity contribution in [2.75, 3.05) is 37.9 Å². The lowest BCUT2D eigenvalue weighted by atomic mass is 9.96. The largest absolute Gasteiger partial charge is 0.476 e. The fraction of sp³-hybridized carbons (Fsp3) is 0.581. The Balaban J connectivity index is 1.42. The van der Waals surface area contributed by atoms with E-state index in [1.165, 1.54) is 17.8 Å². The molecule has 0 bridgehead atoms. The zero-order valence-corrected chi connectivity index (χ0v) is 29.9. The maximum atomic E-state index is 13.9. The van der Waals surface area contributed by atoms with E-state index in [1.807, 2.05) is 37.3 Å². The molecule has 18 heteroatoms. The summed E-state index contributed by atoms with van der Waals surface area (Å²) in [6, 6.07) is 9.16. The SMILES string of the molecule is CCCC(=O)OCC(C)(C)C(=O)SCCOP(=O)(NCc1ccccc1)OCC1OC(n2cnc3c(OCC)nc(N)nc32)C(C)(O)C1O. The third-order valence-corrected chi connectivity index (χ3v) is 10.3. The molecule has 0 aliphatic carbocycles. The van der Waals surface area contributed by atoms with Crippen LogP contribution >= 0.6 is 19.5 Å². The van der Waals surface area contributed by atoms with Crippen LogP contribution < -0.4 is 15.6 Å². The molecule has 0 saturated carbocycles. The summed E-state index contributed by atoms with van der Waals surface area (Å²) in [5.74, 6) is -0.163. The number of aromatic nitrogens is 4. The summed E-state index contributed by atoms with van der Waals surface area (Å²) in [5, 5.41) is 25.1. The van der Waals surface area contributed by atoms with Gasteiger partial charge in [-0.3, -0.25) is 23.2 Å². The second-order valence-corrected chi connectivity index (χ2v) is 15.1. The van der Waals surface area contributed by atoms with Gasteiger partial charge in [-0.2, -0.15) is 9.97 Å². The molecule has 1 aromatic carbocycles. The molecule has 1 aliphatic heterocycles. The summed E-state index contributed by atoms with van der Waals surface area (Å²) in [6.07, 6.45) is -1.57. The minimum Gasteiger partial charge on any atom is -0.476 e. The van der Waals surface area contributed by atoms with Gasteiger partial charge in [0.15, 0.2) is 22.5 Å². The van der Waals surface area contributed by atoms with Crippen LogP contribution in [0.1, 0.15) is 59.3 Å². The first-order valence-corrected chi connectivity index (χ1v) is 18.4. The van der Waals surface area contributed by atoms with Crippen molar-refractivity contribution in [2.45, 2.75) is 78.0 Å². The number of nitrogen functional groups attached to an aromatic ring is 1. The number of anilines is 1. The normalized spacial score (nSPS) is 22.2. The lowest BCUT2D eigenvalue weighted by Crippen LogP contribution is -2.44. The Morgan fingerprint density at radius 1 is 1.20 bits per heavy atom. The number of carbonyl (C=O) groups is 2. The van der Waals surface area contributed by atoms with Crippen LogP contribution in [0.15, 0.2) is 36.7 Å². The monoisotopic (exact) mass is 724 g/mol. The van der Waals surface area contributed by atoms with Crippen molar-refractivity contribution in [1.82, 2.24) is 24.6 Å². The molecule has 1 aliphatic rings. The standard InChI is InChI=1S/C31H45N6O10PS/c1-6-11-22(38)44-18-30(3,4)28(40)49-15-14-45-48(42,34-16-20-12-9-8-10-13-20)46-17-21-24(39)31(5,41)27(47-21)37-19-33-23-25(37)35-29(32)36-26(23)43-7-2/h8-10,12-13,19,21,24,27,39,41H,6-7,11,14-18H2,1-5H3,(H,34,42)(H2,32,35,36). The highest BCUT2D eigenvalue weighted by Crippen LogP contribution is 2.47. The van der Waals surface area contributed by atoms with E-state index in [0.717, 1.165) is 17.3 Å². The molecule has 0 spiro atoms. The fourth-order valence-corrected chi connectivity index (χ4v) is 7.09. The molecule has 49 heavy (non-hydrogen) atoms. The summed E-state index contributed by atoms with van der Waals surface area (Å²) < 4.78 is 43.6. The van der Waals surface area contributed by atoms with Crippen molar-refractivity contribution in [2.24, 2.45) is 5.41 Å². The number of hydrogen-bond acceptors (Lipinski definition) is 15. The molecule has 4 rings (SSSR count). The molecule has 5 N–H and O–H groups in total. The minimum atomic E-state index is -4.07. The van der Waals surface area contributed by atoms with Gasteiger partial charge < -0.3 is 30.2 Å². The van der Waals surface area contributed by atoms with E-state index in [0.29, 0.717) is 13.0 Å². The minimum absolute atomic E-state index is 0.0594. The molecule has 3 heterocycles. The number of hydrogen-bond donors (Lipinski definition) is 4. The van der Waals surface area contributed by atoms with E-state index in [4.69, 9.17) is 29.0 Å². The zero-order chi connectivity index (χ0) is 35.8. The van der Waals surface area contributed by atoms with Crippen molar-refractivity contribution in [3.05, 3.63) is 42.2 Å². The number of rotatable bonds is 18. The van der Waals surface area contributed by atoms with Crippen molar-refractivity contribution < 1.29 is 47.6 Å². The fourth-order valence-electron chi connectivity index (χ4n) is 4.86. The first-order chi connectivity index (χ1) is 23.2. The van der Waals surface area contributed by atoms with Gasteiger partial charge in [-0.25, -0.2) is 14.6 Å². The number of nitrogens with two attached hydrogens (primary N) is 1. The van der Waals surface area contributed by atoms with Crippen LogP contribution in [-0.2, 0) is 39.2 Å². The van der Waals surface area contributed by atoms with Gasteiger partial charge in [-0.05, 0) is 39.7 Å². The molecule has 16 nitrogen and oxygen atoms in total. The molecule has 0 amide bonds. The van der Waals surface area contributed by atoms with Crippen LogP contribution in [-0.4, -0.2) is 90.8 Å². The Morgan fingerprint density at radius 2 is 1.94 bits per heavy atom. The van der Waals surface area contributed by atoms with Gasteiger partial charge in [0.05, 0.1) is 31.6 Å². The summed E-state index contributed by atoms with van der Waals surface area (Å²) in [5.41, 5.74) is 4.37. The second kappa shape index (κ2) is 16.7. The van der Waals surface area contributed by atoms with Crippen LogP contribution in [0.4, 0.5) is 5.95 Å². The number of nitrogens with one attached hydrogen (secondary N) is 1. The smallest absolute Gasteiger partial charge is 0.405 e. The summed E-state index contributed by atoms with van der Waals surface area (Å²) in [6.45, 7) is 8.17. The third kappa shape index (κ3) is 9.76. The average Bonchev–Trinajstić information content (AvgIpc) is 3.58. The van der Waals surface area contributed by atoms with Crippen LogP contribution in [0.5, 0.6) is 5.88 Å². The number of esters is 1. The van der Waals surface area contributed by atoms with E-state index in [2.05, 4.69) is 20.0 Å². The van der Waals surface area contributed by atoms with Gasteiger partial charge >= 0.3 is 13.7 Å². The number of aliphatic hydroxyl groups is 2. The number of imidazole rings is 1.